The minimum absolute atomic E-state index is 0.127. The summed E-state index contributed by atoms with van der Waals surface area (Å²) in [6.07, 6.45) is 2.68. The number of carbonyl (C=O) groups excluding carboxylic acids is 1. The molecule has 1 aliphatic rings. The fourth-order valence-electron chi connectivity index (χ4n) is 2.69. The molecule has 2 N–H and O–H groups in total. The minimum Gasteiger partial charge on any atom is -0.495 e. The number of pyridine rings is 1. The Morgan fingerprint density at radius 3 is 2.77 bits per heavy atom. The van der Waals surface area contributed by atoms with Crippen LogP contribution in [0.2, 0.25) is 5.15 Å². The summed E-state index contributed by atoms with van der Waals surface area (Å²) >= 11 is 6.03. The number of aliphatic hydroxyl groups is 1. The molecule has 2 heterocycles. The number of piperidine rings is 1. The van der Waals surface area contributed by atoms with Gasteiger partial charge in [0, 0.05) is 7.05 Å². The summed E-state index contributed by atoms with van der Waals surface area (Å²) in [5, 5.41) is 14.1. The number of rotatable bonds is 4. The van der Waals surface area contributed by atoms with Gasteiger partial charge in [-0.25, -0.2) is 4.98 Å². The lowest BCUT2D eigenvalue weighted by molar-refractivity contribution is -0.0481. The first-order valence-corrected chi connectivity index (χ1v) is 7.66. The second-order valence-electron chi connectivity index (χ2n) is 5.66. The number of nitrogens with one attached hydrogen (secondary N) is 1. The van der Waals surface area contributed by atoms with E-state index in [4.69, 9.17) is 16.3 Å². The van der Waals surface area contributed by atoms with Crippen LogP contribution in [0.1, 0.15) is 30.1 Å². The molecule has 1 aromatic rings. The highest BCUT2D eigenvalue weighted by Crippen LogP contribution is 2.28. The molecule has 1 atom stereocenters. The maximum atomic E-state index is 12.7. The van der Waals surface area contributed by atoms with Crippen LogP contribution in [0.25, 0.3) is 0 Å². The van der Waals surface area contributed by atoms with Crippen molar-refractivity contribution < 1.29 is 14.6 Å². The third-order valence-electron chi connectivity index (χ3n) is 4.43. The summed E-state index contributed by atoms with van der Waals surface area (Å²) in [5.74, 6) is 0.185. The summed E-state index contributed by atoms with van der Waals surface area (Å²) in [6, 6.07) is 1.23. The normalized spacial score (nSPS) is 18.6. The number of methoxy groups -OCH3 is 1. The van der Waals surface area contributed by atoms with Crippen molar-refractivity contribution in [3.63, 3.8) is 0 Å². The van der Waals surface area contributed by atoms with E-state index in [2.05, 4.69) is 10.3 Å². The van der Waals surface area contributed by atoms with Gasteiger partial charge in [0.25, 0.3) is 5.91 Å². The van der Waals surface area contributed by atoms with E-state index in [9.17, 15) is 9.90 Å². The second-order valence-corrected chi connectivity index (χ2v) is 6.02. The molecule has 1 unspecified atom stereocenters. The van der Waals surface area contributed by atoms with E-state index in [-0.39, 0.29) is 22.7 Å². The quantitative estimate of drug-likeness (QED) is 0.816. The zero-order chi connectivity index (χ0) is 16.3. The number of hydrogen-bond donors (Lipinski definition) is 2. The Kier molecular flexibility index (Phi) is 5.26. The molecule has 1 fully saturated rings. The van der Waals surface area contributed by atoms with E-state index in [1.165, 1.54) is 18.2 Å². The lowest BCUT2D eigenvalue weighted by Crippen LogP contribution is -2.56. The van der Waals surface area contributed by atoms with Crippen molar-refractivity contribution in [2.24, 2.45) is 0 Å². The Hall–Kier alpha value is -1.37. The SMILES string of the molecule is COc1cnc(Cl)c(C(=O)N(C)C(C)C2(O)CCNCC2)c1. The Labute approximate surface area is 135 Å². The Morgan fingerprint density at radius 2 is 2.18 bits per heavy atom. The number of halogens is 1. The van der Waals surface area contributed by atoms with Gasteiger partial charge in [-0.15, -0.1) is 0 Å². The zero-order valence-corrected chi connectivity index (χ0v) is 13.9. The van der Waals surface area contributed by atoms with Gasteiger partial charge in [0.1, 0.15) is 10.9 Å². The van der Waals surface area contributed by atoms with Crippen molar-refractivity contribution >= 4 is 17.5 Å². The lowest BCUT2D eigenvalue weighted by Gasteiger charge is -2.42. The molecule has 2 rings (SSSR count). The first-order chi connectivity index (χ1) is 10.4. The molecule has 0 bridgehead atoms. The Bertz CT molecular complexity index is 547. The molecule has 0 radical (unpaired) electrons. The van der Waals surface area contributed by atoms with Crippen LogP contribution < -0.4 is 10.1 Å². The van der Waals surface area contributed by atoms with Crippen LogP contribution in [0.4, 0.5) is 0 Å². The van der Waals surface area contributed by atoms with Crippen LogP contribution in [0.3, 0.4) is 0 Å². The van der Waals surface area contributed by atoms with E-state index in [0.29, 0.717) is 18.6 Å². The molecule has 1 amide bonds. The van der Waals surface area contributed by atoms with Crippen LogP contribution in [-0.4, -0.2) is 59.8 Å². The molecule has 122 valence electrons. The van der Waals surface area contributed by atoms with Crippen molar-refractivity contribution in [1.29, 1.82) is 0 Å². The topological polar surface area (TPSA) is 74.7 Å². The number of hydrogen-bond acceptors (Lipinski definition) is 5. The van der Waals surface area contributed by atoms with Gasteiger partial charge in [0.15, 0.2) is 0 Å². The van der Waals surface area contributed by atoms with Gasteiger partial charge < -0.3 is 20.1 Å². The summed E-state index contributed by atoms with van der Waals surface area (Å²) in [4.78, 5) is 18.2. The molecule has 0 spiro atoms. The van der Waals surface area contributed by atoms with E-state index in [1.807, 2.05) is 6.92 Å². The molecular weight excluding hydrogens is 306 g/mol. The summed E-state index contributed by atoms with van der Waals surface area (Å²) in [7, 11) is 3.17. The zero-order valence-electron chi connectivity index (χ0n) is 13.1. The fourth-order valence-corrected chi connectivity index (χ4v) is 2.88. The fraction of sp³-hybridized carbons (Fsp3) is 0.600. The van der Waals surface area contributed by atoms with Gasteiger partial charge >= 0.3 is 0 Å². The minimum atomic E-state index is -0.894. The lowest BCUT2D eigenvalue weighted by atomic mass is 9.85. The highest BCUT2D eigenvalue weighted by molar-refractivity contribution is 6.32. The van der Waals surface area contributed by atoms with Gasteiger partial charge in [-0.3, -0.25) is 4.79 Å². The molecule has 22 heavy (non-hydrogen) atoms. The third-order valence-corrected chi connectivity index (χ3v) is 4.73. The van der Waals surface area contributed by atoms with Gasteiger partial charge in [0.05, 0.1) is 30.5 Å². The smallest absolute Gasteiger partial charge is 0.257 e. The third kappa shape index (κ3) is 3.34. The van der Waals surface area contributed by atoms with Gasteiger partial charge in [-0.2, -0.15) is 0 Å². The summed E-state index contributed by atoms with van der Waals surface area (Å²) < 4.78 is 5.09. The van der Waals surface area contributed by atoms with E-state index < -0.39 is 5.60 Å². The van der Waals surface area contributed by atoms with E-state index in [0.717, 1.165) is 13.1 Å². The first kappa shape index (κ1) is 17.0. The van der Waals surface area contributed by atoms with Gasteiger partial charge in [-0.05, 0) is 38.9 Å². The predicted octanol–water partition coefficient (Wildman–Crippen LogP) is 1.32. The maximum Gasteiger partial charge on any atom is 0.257 e. The number of aromatic nitrogens is 1. The number of likely N-dealkylation sites (N-methyl/N-ethyl adjacent to an activating group) is 1. The Balaban J connectivity index is 2.21. The average Bonchev–Trinajstić information content (AvgIpc) is 2.54. The molecule has 7 heteroatoms. The van der Waals surface area contributed by atoms with Crippen LogP contribution in [0.15, 0.2) is 12.3 Å². The molecule has 1 saturated heterocycles. The standard InChI is InChI=1S/C15H22ClN3O3/c1-10(15(21)4-6-17-7-5-15)19(2)14(20)12-8-11(22-3)9-18-13(12)16/h8-10,17,21H,4-7H2,1-3H3. The van der Waals surface area contributed by atoms with E-state index >= 15 is 0 Å². The number of carbonyl (C=O) groups is 1. The van der Waals surface area contributed by atoms with E-state index in [1.54, 1.807) is 13.1 Å². The molecular formula is C15H22ClN3O3. The van der Waals surface area contributed by atoms with Crippen LogP contribution in [0, 0.1) is 0 Å². The molecule has 0 aliphatic carbocycles. The molecule has 1 aromatic heterocycles. The van der Waals surface area contributed by atoms with Crippen molar-refractivity contribution in [2.45, 2.75) is 31.4 Å². The molecule has 0 aromatic carbocycles. The second kappa shape index (κ2) is 6.81. The molecule has 1 aliphatic heterocycles. The highest BCUT2D eigenvalue weighted by atomic mass is 35.5. The van der Waals surface area contributed by atoms with Crippen molar-refractivity contribution in [3.8, 4) is 5.75 Å². The molecule has 6 nitrogen and oxygen atoms in total. The van der Waals surface area contributed by atoms with Gasteiger partial charge in [0.2, 0.25) is 0 Å². The molecule has 0 saturated carbocycles. The number of nitrogens with zero attached hydrogens (tertiary/aromatic N) is 2. The van der Waals surface area contributed by atoms with Crippen LogP contribution >= 0.6 is 11.6 Å². The number of amides is 1. The largest absolute Gasteiger partial charge is 0.495 e. The average molecular weight is 328 g/mol. The van der Waals surface area contributed by atoms with Gasteiger partial charge in [-0.1, -0.05) is 11.6 Å². The predicted molar refractivity (Wildman–Crippen MR) is 84.4 cm³/mol. The van der Waals surface area contributed by atoms with Crippen molar-refractivity contribution in [1.82, 2.24) is 15.2 Å². The summed E-state index contributed by atoms with van der Waals surface area (Å²) in [6.45, 7) is 3.33. The highest BCUT2D eigenvalue weighted by Gasteiger charge is 2.39. The van der Waals surface area contributed by atoms with Crippen LogP contribution in [0.5, 0.6) is 5.75 Å². The number of ether oxygens (including phenoxy) is 1. The Morgan fingerprint density at radius 1 is 1.55 bits per heavy atom. The van der Waals surface area contributed by atoms with Crippen molar-refractivity contribution in [3.05, 3.63) is 23.0 Å². The van der Waals surface area contributed by atoms with Crippen molar-refractivity contribution in [2.75, 3.05) is 27.2 Å². The maximum absolute atomic E-state index is 12.7. The first-order valence-electron chi connectivity index (χ1n) is 7.29. The monoisotopic (exact) mass is 327 g/mol. The summed E-state index contributed by atoms with van der Waals surface area (Å²) in [5.41, 5.74) is -0.623. The van der Waals surface area contributed by atoms with Crippen LogP contribution in [-0.2, 0) is 0 Å².